The average Bonchev–Trinajstić information content (AvgIpc) is 2.91. The van der Waals surface area contributed by atoms with E-state index in [4.69, 9.17) is 11.5 Å². The zero-order valence-electron chi connectivity index (χ0n) is 21.6. The van der Waals surface area contributed by atoms with Crippen LogP contribution in [0.25, 0.3) is 10.9 Å². The lowest BCUT2D eigenvalue weighted by molar-refractivity contribution is 0.100. The Hall–Kier alpha value is -4.29. The second-order valence-electron chi connectivity index (χ2n) is 9.85. The van der Waals surface area contributed by atoms with E-state index in [1.807, 2.05) is 6.07 Å². The molecule has 7 N–H and O–H groups in total. The normalized spacial score (nSPS) is 17.4. The van der Waals surface area contributed by atoms with Crippen molar-refractivity contribution in [3.8, 4) is 0 Å². The summed E-state index contributed by atoms with van der Waals surface area (Å²) in [6.45, 7) is 0. The molecule has 0 radical (unpaired) electrons. The number of hydrogen-bond donors (Lipinski definition) is 5. The van der Waals surface area contributed by atoms with Gasteiger partial charge in [-0.3, -0.25) is 14.5 Å². The molecule has 40 heavy (non-hydrogen) atoms. The number of hydrogen-bond acceptors (Lipinski definition) is 8. The van der Waals surface area contributed by atoms with Crippen molar-refractivity contribution in [1.82, 2.24) is 9.97 Å². The van der Waals surface area contributed by atoms with Crippen LogP contribution in [-0.4, -0.2) is 36.4 Å². The molecular weight excluding hydrogens is 533 g/mol. The molecule has 208 valence electrons. The van der Waals surface area contributed by atoms with Gasteiger partial charge >= 0.3 is 0 Å². The molecule has 0 bridgehead atoms. The van der Waals surface area contributed by atoms with Gasteiger partial charge in [-0.2, -0.15) is 0 Å². The molecule has 0 saturated heterocycles. The summed E-state index contributed by atoms with van der Waals surface area (Å²) in [5, 5.41) is 6.72. The van der Waals surface area contributed by atoms with Gasteiger partial charge in [-0.1, -0.05) is 55.3 Å². The van der Waals surface area contributed by atoms with Gasteiger partial charge in [0.25, 0.3) is 5.91 Å². The Morgan fingerprint density at radius 2 is 1.80 bits per heavy atom. The number of nitrogens with zero attached hydrogens (tertiary/aromatic N) is 2. The average molecular weight is 564 g/mol. The van der Waals surface area contributed by atoms with Crippen LogP contribution in [0.2, 0.25) is 0 Å². The standard InChI is InChI=1S/C28H30FN7O3S/c29-21-14-20(26(31)37)27(35-28(21)34-23-11-5-4-10-22(23)30)33-19-13-18-9-6-12-24(25(18)32-15-19)36-40(38,39)16-17-7-2-1-3-8-17/h1-3,6-9,12-15,22-23,36H,4-5,10-11,16,30H2,(H2,31,37)(H2,33,34,35)/t22-,23+/m0/s1. The molecule has 0 aliphatic heterocycles. The number of primary amides is 1. The summed E-state index contributed by atoms with van der Waals surface area (Å²) in [4.78, 5) is 20.9. The molecule has 2 aromatic heterocycles. The topological polar surface area (TPSA) is 165 Å². The third-order valence-corrected chi connectivity index (χ3v) is 8.07. The predicted molar refractivity (Wildman–Crippen MR) is 154 cm³/mol. The lowest BCUT2D eigenvalue weighted by atomic mass is 9.91. The van der Waals surface area contributed by atoms with Crippen molar-refractivity contribution in [2.45, 2.75) is 43.5 Å². The number of benzene rings is 2. The number of nitrogens with one attached hydrogen (secondary N) is 3. The van der Waals surface area contributed by atoms with Gasteiger partial charge in [-0.15, -0.1) is 0 Å². The van der Waals surface area contributed by atoms with E-state index in [0.29, 0.717) is 27.8 Å². The van der Waals surface area contributed by atoms with Crippen LogP contribution in [-0.2, 0) is 15.8 Å². The fourth-order valence-electron chi connectivity index (χ4n) is 4.83. The molecular formula is C28H30FN7O3S. The van der Waals surface area contributed by atoms with Crippen LogP contribution in [0.1, 0.15) is 41.6 Å². The first kappa shape index (κ1) is 27.3. The molecule has 0 spiro atoms. The van der Waals surface area contributed by atoms with E-state index in [0.717, 1.165) is 31.7 Å². The number of anilines is 4. The van der Waals surface area contributed by atoms with Gasteiger partial charge < -0.3 is 22.1 Å². The molecule has 5 rings (SSSR count). The first-order valence-corrected chi connectivity index (χ1v) is 14.6. The molecule has 1 fully saturated rings. The minimum Gasteiger partial charge on any atom is -0.365 e. The zero-order chi connectivity index (χ0) is 28.3. The number of rotatable bonds is 9. The van der Waals surface area contributed by atoms with E-state index in [2.05, 4.69) is 25.3 Å². The van der Waals surface area contributed by atoms with Crippen molar-refractivity contribution < 1.29 is 17.6 Å². The van der Waals surface area contributed by atoms with E-state index in [9.17, 15) is 17.6 Å². The second kappa shape index (κ2) is 11.4. The van der Waals surface area contributed by atoms with Crippen LogP contribution < -0.4 is 26.8 Å². The molecule has 12 heteroatoms. The Kier molecular flexibility index (Phi) is 7.81. The van der Waals surface area contributed by atoms with Gasteiger partial charge in [0.05, 0.1) is 34.4 Å². The molecule has 1 amide bonds. The maximum absolute atomic E-state index is 14.9. The number of sulfonamides is 1. The highest BCUT2D eigenvalue weighted by Gasteiger charge is 2.24. The maximum atomic E-state index is 14.9. The summed E-state index contributed by atoms with van der Waals surface area (Å²) in [7, 11) is -3.70. The number of aromatic nitrogens is 2. The summed E-state index contributed by atoms with van der Waals surface area (Å²) >= 11 is 0. The van der Waals surface area contributed by atoms with E-state index >= 15 is 0 Å². The van der Waals surface area contributed by atoms with Crippen LogP contribution in [0.5, 0.6) is 0 Å². The molecule has 10 nitrogen and oxygen atoms in total. The summed E-state index contributed by atoms with van der Waals surface area (Å²) in [5.41, 5.74) is 13.4. The quantitative estimate of drug-likeness (QED) is 0.202. The van der Waals surface area contributed by atoms with E-state index in [1.165, 1.54) is 6.20 Å². The predicted octanol–water partition coefficient (Wildman–Crippen LogP) is 4.24. The van der Waals surface area contributed by atoms with Crippen molar-refractivity contribution in [1.29, 1.82) is 0 Å². The number of pyridine rings is 2. The summed E-state index contributed by atoms with van der Waals surface area (Å²) < 4.78 is 43.1. The molecule has 1 saturated carbocycles. The number of carbonyl (C=O) groups is 1. The van der Waals surface area contributed by atoms with E-state index in [-0.39, 0.29) is 35.0 Å². The second-order valence-corrected chi connectivity index (χ2v) is 11.6. The summed E-state index contributed by atoms with van der Waals surface area (Å²) in [6.07, 6.45) is 5.08. The highest BCUT2D eigenvalue weighted by Crippen LogP contribution is 2.29. The van der Waals surface area contributed by atoms with Gasteiger partial charge in [-0.05, 0) is 36.6 Å². The van der Waals surface area contributed by atoms with Gasteiger partial charge in [0.1, 0.15) is 5.82 Å². The van der Waals surface area contributed by atoms with Crippen molar-refractivity contribution >= 4 is 49.8 Å². The van der Waals surface area contributed by atoms with Crippen LogP contribution in [0.4, 0.5) is 27.4 Å². The number of nitrogens with two attached hydrogens (primary N) is 2. The third kappa shape index (κ3) is 6.29. The maximum Gasteiger partial charge on any atom is 0.252 e. The molecule has 4 aromatic rings. The third-order valence-electron chi connectivity index (χ3n) is 6.82. The van der Waals surface area contributed by atoms with Crippen LogP contribution in [0.15, 0.2) is 66.9 Å². The van der Waals surface area contributed by atoms with Gasteiger partial charge in [-0.25, -0.2) is 17.8 Å². The molecule has 2 atom stereocenters. The van der Waals surface area contributed by atoms with Crippen molar-refractivity contribution in [2.24, 2.45) is 11.5 Å². The number of para-hydroxylation sites is 1. The number of amides is 1. The first-order valence-electron chi connectivity index (χ1n) is 12.9. The first-order chi connectivity index (χ1) is 19.2. The number of fused-ring (bicyclic) bond motifs is 1. The van der Waals surface area contributed by atoms with Gasteiger partial charge in [0, 0.05) is 17.5 Å². The minimum atomic E-state index is -3.70. The van der Waals surface area contributed by atoms with Crippen LogP contribution in [0.3, 0.4) is 0 Å². The lowest BCUT2D eigenvalue weighted by Gasteiger charge is -2.30. The molecule has 0 unspecified atom stereocenters. The Morgan fingerprint density at radius 3 is 2.55 bits per heavy atom. The minimum absolute atomic E-state index is 0.0290. The zero-order valence-corrected chi connectivity index (χ0v) is 22.4. The Balaban J connectivity index is 1.41. The monoisotopic (exact) mass is 563 g/mol. The molecule has 1 aliphatic carbocycles. The van der Waals surface area contributed by atoms with Crippen LogP contribution in [0, 0.1) is 5.82 Å². The Labute approximate surface area is 231 Å². The highest BCUT2D eigenvalue weighted by atomic mass is 32.2. The van der Waals surface area contributed by atoms with Crippen molar-refractivity contribution in [3.63, 3.8) is 0 Å². The smallest absolute Gasteiger partial charge is 0.252 e. The van der Waals surface area contributed by atoms with Gasteiger partial charge in [0.2, 0.25) is 10.0 Å². The molecule has 2 aromatic carbocycles. The fourth-order valence-corrected chi connectivity index (χ4v) is 6.04. The Bertz CT molecular complexity index is 1650. The van der Waals surface area contributed by atoms with E-state index < -0.39 is 21.7 Å². The SMILES string of the molecule is NC(=O)c1cc(F)c(N[C@@H]2CCCC[C@@H]2N)nc1Nc1cnc2c(NS(=O)(=O)Cc3ccccc3)cccc2c1. The van der Waals surface area contributed by atoms with Crippen LogP contribution >= 0.6 is 0 Å². The molecule has 1 aliphatic rings. The summed E-state index contributed by atoms with van der Waals surface area (Å²) in [6, 6.07) is 16.5. The van der Waals surface area contributed by atoms with E-state index in [1.54, 1.807) is 48.5 Å². The molecule has 2 heterocycles. The van der Waals surface area contributed by atoms with Crippen molar-refractivity contribution in [3.05, 3.63) is 83.8 Å². The number of carbonyl (C=O) groups excluding carboxylic acids is 1. The highest BCUT2D eigenvalue weighted by molar-refractivity contribution is 7.91. The van der Waals surface area contributed by atoms with Crippen molar-refractivity contribution in [2.75, 3.05) is 15.4 Å². The largest absolute Gasteiger partial charge is 0.365 e. The number of halogens is 1. The fraction of sp³-hybridized carbons (Fsp3) is 0.250. The summed E-state index contributed by atoms with van der Waals surface area (Å²) in [5.74, 6) is -1.71. The lowest BCUT2D eigenvalue weighted by Crippen LogP contribution is -2.43. The Morgan fingerprint density at radius 1 is 1.02 bits per heavy atom. The van der Waals surface area contributed by atoms with Gasteiger partial charge in [0.15, 0.2) is 11.6 Å².